The molecule has 0 bridgehead atoms. The normalized spacial score (nSPS) is 13.2. The Morgan fingerprint density at radius 3 is 2.64 bits per heavy atom. The highest BCUT2D eigenvalue weighted by Gasteiger charge is 2.30. The molecular weight excluding hydrogens is 448 g/mol. The number of nitro benzene ring substituents is 1. The number of hydrogen-bond acceptors (Lipinski definition) is 6. The average molecular weight is 465 g/mol. The third kappa shape index (κ3) is 4.08. The van der Waals surface area contributed by atoms with Crippen molar-refractivity contribution in [3.8, 4) is 5.69 Å². The first-order chi connectivity index (χ1) is 15.9. The van der Waals surface area contributed by atoms with Gasteiger partial charge in [-0.2, -0.15) is 10.2 Å². The van der Waals surface area contributed by atoms with Crippen molar-refractivity contribution in [1.29, 1.82) is 0 Å². The van der Waals surface area contributed by atoms with Gasteiger partial charge < -0.3 is 5.32 Å². The smallest absolute Gasteiger partial charge is 0.293 e. The monoisotopic (exact) mass is 464 g/mol. The van der Waals surface area contributed by atoms with Gasteiger partial charge in [0, 0.05) is 34.1 Å². The van der Waals surface area contributed by atoms with E-state index in [2.05, 4.69) is 15.5 Å². The Morgan fingerprint density at radius 2 is 1.97 bits per heavy atom. The van der Waals surface area contributed by atoms with E-state index < -0.39 is 16.4 Å². The first-order valence-electron chi connectivity index (χ1n) is 10.2. The molecule has 0 atom stereocenters. The number of nitrogens with one attached hydrogen (secondary N) is 1. The molecule has 1 amide bonds. The summed E-state index contributed by atoms with van der Waals surface area (Å²) >= 11 is 6.12. The number of benzene rings is 2. The Bertz CT molecular complexity index is 1460. The standard InChI is InChI=1S/C22H17ClN6O4/c23-14-2-1-3-17(10-14)28-21-18(11-24-28)20(13-4-5-13)26-27(22(21)31)12-19(30)25-15-6-8-16(9-7-15)29(32)33/h1-3,6-11,13H,4-5,12H2,(H,25,30). The number of rotatable bonds is 6. The molecule has 0 radical (unpaired) electrons. The number of fused-ring (bicyclic) bond motifs is 1. The second kappa shape index (κ2) is 8.14. The second-order valence-electron chi connectivity index (χ2n) is 7.77. The number of nitrogens with zero attached hydrogens (tertiary/aromatic N) is 5. The summed E-state index contributed by atoms with van der Waals surface area (Å²) in [5.74, 6) is -0.262. The largest absolute Gasteiger partial charge is 0.324 e. The van der Waals surface area contributed by atoms with Crippen LogP contribution in [0.25, 0.3) is 16.6 Å². The van der Waals surface area contributed by atoms with Crippen LogP contribution in [-0.4, -0.2) is 30.4 Å². The van der Waals surface area contributed by atoms with Gasteiger partial charge in [0.1, 0.15) is 12.1 Å². The van der Waals surface area contributed by atoms with E-state index in [0.29, 0.717) is 27.3 Å². The van der Waals surface area contributed by atoms with E-state index >= 15 is 0 Å². The molecule has 11 heteroatoms. The lowest BCUT2D eigenvalue weighted by Crippen LogP contribution is -2.31. The molecular formula is C22H17ClN6O4. The van der Waals surface area contributed by atoms with Crippen LogP contribution in [0.4, 0.5) is 11.4 Å². The van der Waals surface area contributed by atoms with Gasteiger partial charge in [-0.3, -0.25) is 19.7 Å². The zero-order valence-electron chi connectivity index (χ0n) is 17.1. The van der Waals surface area contributed by atoms with Crippen LogP contribution in [0.5, 0.6) is 0 Å². The molecule has 10 nitrogen and oxygen atoms in total. The highest BCUT2D eigenvalue weighted by molar-refractivity contribution is 6.30. The maximum Gasteiger partial charge on any atom is 0.293 e. The molecule has 0 saturated heterocycles. The summed E-state index contributed by atoms with van der Waals surface area (Å²) in [4.78, 5) is 36.2. The summed E-state index contributed by atoms with van der Waals surface area (Å²) in [6.45, 7) is -0.313. The fourth-order valence-electron chi connectivity index (χ4n) is 3.67. The number of hydrogen-bond donors (Lipinski definition) is 1. The van der Waals surface area contributed by atoms with Crippen LogP contribution >= 0.6 is 11.6 Å². The van der Waals surface area contributed by atoms with E-state index in [0.717, 1.165) is 23.2 Å². The number of aromatic nitrogens is 4. The van der Waals surface area contributed by atoms with Gasteiger partial charge in [0.15, 0.2) is 0 Å². The lowest BCUT2D eigenvalue weighted by atomic mass is 10.2. The Balaban J connectivity index is 1.51. The molecule has 5 rings (SSSR count). The Labute approximate surface area is 191 Å². The van der Waals surface area contributed by atoms with Crippen LogP contribution in [0.2, 0.25) is 5.02 Å². The van der Waals surface area contributed by atoms with Gasteiger partial charge in [0.25, 0.3) is 11.2 Å². The number of anilines is 1. The quantitative estimate of drug-likeness (QED) is 0.343. The second-order valence-corrected chi connectivity index (χ2v) is 8.21. The van der Waals surface area contributed by atoms with E-state index in [-0.39, 0.29) is 18.2 Å². The fraction of sp³-hybridized carbons (Fsp3) is 0.182. The van der Waals surface area contributed by atoms with E-state index in [1.54, 1.807) is 30.5 Å². The average Bonchev–Trinajstić information content (AvgIpc) is 3.53. The Hall–Kier alpha value is -4.05. The minimum Gasteiger partial charge on any atom is -0.324 e. The molecule has 1 N–H and O–H groups in total. The van der Waals surface area contributed by atoms with Crippen LogP contribution in [-0.2, 0) is 11.3 Å². The van der Waals surface area contributed by atoms with Crippen molar-refractivity contribution < 1.29 is 9.72 Å². The first kappa shape index (κ1) is 20.8. The maximum absolute atomic E-state index is 13.3. The van der Waals surface area contributed by atoms with Crippen molar-refractivity contribution in [2.24, 2.45) is 0 Å². The van der Waals surface area contributed by atoms with Crippen LogP contribution in [0.15, 0.2) is 59.5 Å². The van der Waals surface area contributed by atoms with E-state index in [4.69, 9.17) is 11.6 Å². The molecule has 0 aliphatic heterocycles. The molecule has 1 saturated carbocycles. The summed E-state index contributed by atoms with van der Waals surface area (Å²) in [7, 11) is 0. The lowest BCUT2D eigenvalue weighted by molar-refractivity contribution is -0.384. The maximum atomic E-state index is 13.3. The van der Waals surface area contributed by atoms with E-state index in [1.807, 2.05) is 0 Å². The summed E-state index contributed by atoms with van der Waals surface area (Å²) in [6, 6.07) is 12.4. The van der Waals surface area contributed by atoms with Gasteiger partial charge >= 0.3 is 0 Å². The first-order valence-corrected chi connectivity index (χ1v) is 10.6. The lowest BCUT2D eigenvalue weighted by Gasteiger charge is -2.10. The summed E-state index contributed by atoms with van der Waals surface area (Å²) in [6.07, 6.45) is 3.54. The minimum absolute atomic E-state index is 0.0836. The van der Waals surface area contributed by atoms with Gasteiger partial charge in [-0.15, -0.1) is 0 Å². The fourth-order valence-corrected chi connectivity index (χ4v) is 3.85. The summed E-state index contributed by atoms with van der Waals surface area (Å²) < 4.78 is 2.65. The summed E-state index contributed by atoms with van der Waals surface area (Å²) in [5, 5.41) is 23.5. The zero-order valence-corrected chi connectivity index (χ0v) is 17.9. The third-order valence-electron chi connectivity index (χ3n) is 5.38. The molecule has 0 spiro atoms. The molecule has 1 fully saturated rings. The number of carbonyl (C=O) groups excluding carboxylic acids is 1. The molecule has 1 aliphatic rings. The molecule has 2 aromatic carbocycles. The third-order valence-corrected chi connectivity index (χ3v) is 5.62. The van der Waals surface area contributed by atoms with Crippen LogP contribution in [0.1, 0.15) is 24.5 Å². The van der Waals surface area contributed by atoms with Crippen molar-refractivity contribution in [3.63, 3.8) is 0 Å². The Kier molecular flexibility index (Phi) is 5.14. The number of nitro groups is 1. The predicted molar refractivity (Wildman–Crippen MR) is 122 cm³/mol. The molecule has 2 heterocycles. The molecule has 2 aromatic heterocycles. The van der Waals surface area contributed by atoms with Crippen LogP contribution in [0.3, 0.4) is 0 Å². The van der Waals surface area contributed by atoms with Gasteiger partial charge in [0.2, 0.25) is 5.91 Å². The minimum atomic E-state index is -0.521. The van der Waals surface area contributed by atoms with Crippen molar-refractivity contribution in [3.05, 3.63) is 85.9 Å². The SMILES string of the molecule is O=C(Cn1nc(C2CC2)c2cnn(-c3cccc(Cl)c3)c2c1=O)Nc1ccc([N+](=O)[O-])cc1. The van der Waals surface area contributed by atoms with E-state index in [9.17, 15) is 19.7 Å². The van der Waals surface area contributed by atoms with Gasteiger partial charge in [-0.25, -0.2) is 9.36 Å². The van der Waals surface area contributed by atoms with Gasteiger partial charge in [-0.05, 0) is 43.2 Å². The molecule has 4 aromatic rings. The highest BCUT2D eigenvalue weighted by atomic mass is 35.5. The molecule has 0 unspecified atom stereocenters. The van der Waals surface area contributed by atoms with Gasteiger partial charge in [0.05, 0.1) is 22.5 Å². The van der Waals surface area contributed by atoms with Crippen LogP contribution < -0.4 is 10.9 Å². The van der Waals surface area contributed by atoms with Crippen molar-refractivity contribution >= 4 is 39.8 Å². The van der Waals surface area contributed by atoms with Crippen LogP contribution in [0, 0.1) is 10.1 Å². The number of amides is 1. The number of halogens is 1. The Morgan fingerprint density at radius 1 is 1.21 bits per heavy atom. The predicted octanol–water partition coefficient (Wildman–Crippen LogP) is 3.66. The highest BCUT2D eigenvalue weighted by Crippen LogP contribution is 2.41. The van der Waals surface area contributed by atoms with Crippen molar-refractivity contribution in [1.82, 2.24) is 19.6 Å². The number of carbonyl (C=O) groups is 1. The number of non-ortho nitro benzene ring substituents is 1. The van der Waals surface area contributed by atoms with E-state index in [1.165, 1.54) is 28.9 Å². The molecule has 166 valence electrons. The topological polar surface area (TPSA) is 125 Å². The zero-order chi connectivity index (χ0) is 23.1. The van der Waals surface area contributed by atoms with Crippen molar-refractivity contribution in [2.45, 2.75) is 25.3 Å². The van der Waals surface area contributed by atoms with Crippen molar-refractivity contribution in [2.75, 3.05) is 5.32 Å². The van der Waals surface area contributed by atoms with Gasteiger partial charge in [-0.1, -0.05) is 17.7 Å². The molecule has 1 aliphatic carbocycles. The molecule has 33 heavy (non-hydrogen) atoms. The summed E-state index contributed by atoms with van der Waals surface area (Å²) in [5.41, 5.74) is 1.54.